The molecule has 0 spiro atoms. The average Bonchev–Trinajstić information content (AvgIpc) is 3.16. The van der Waals surface area contributed by atoms with Gasteiger partial charge in [-0.1, -0.05) is 24.3 Å². The second-order valence-electron chi connectivity index (χ2n) is 8.30. The summed E-state index contributed by atoms with van der Waals surface area (Å²) in [6.07, 6.45) is -0.541. The number of non-ortho nitro benzene ring substituents is 1. The van der Waals surface area contributed by atoms with Crippen molar-refractivity contribution in [3.63, 3.8) is 0 Å². The van der Waals surface area contributed by atoms with Crippen LogP contribution < -0.4 is 4.31 Å². The Balaban J connectivity index is 1.73. The Hall–Kier alpha value is -3.34. The molecule has 0 aromatic heterocycles. The molecule has 1 aliphatic rings. The fraction of sp³-hybridized carbons (Fsp3) is 0.250. The van der Waals surface area contributed by atoms with Gasteiger partial charge in [0.05, 0.1) is 28.7 Å². The zero-order valence-corrected chi connectivity index (χ0v) is 19.4. The summed E-state index contributed by atoms with van der Waals surface area (Å²) in [4.78, 5) is 10.5. The van der Waals surface area contributed by atoms with Crippen LogP contribution in [0.5, 0.6) is 0 Å². The number of benzene rings is 3. The van der Waals surface area contributed by atoms with Crippen molar-refractivity contribution in [2.75, 3.05) is 17.5 Å². The lowest BCUT2D eigenvalue weighted by molar-refractivity contribution is -0.384. The van der Waals surface area contributed by atoms with Gasteiger partial charge in [0, 0.05) is 12.1 Å². The maximum atomic E-state index is 13.8. The third-order valence-corrected chi connectivity index (χ3v) is 7.17. The first-order valence-electron chi connectivity index (χ1n) is 10.5. The van der Waals surface area contributed by atoms with Crippen LogP contribution in [0.3, 0.4) is 0 Å². The molecule has 8 nitrogen and oxygen atoms in total. The van der Waals surface area contributed by atoms with E-state index in [-0.39, 0.29) is 29.4 Å². The fourth-order valence-corrected chi connectivity index (χ4v) is 5.27. The molecule has 1 aliphatic heterocycles. The summed E-state index contributed by atoms with van der Waals surface area (Å²) in [6, 6.07) is 17.4. The molecular formula is C24H23FN2O6S. The summed E-state index contributed by atoms with van der Waals surface area (Å²) < 4.78 is 53.4. The molecule has 1 fully saturated rings. The van der Waals surface area contributed by atoms with Crippen LogP contribution in [0.2, 0.25) is 0 Å². The lowest BCUT2D eigenvalue weighted by atomic mass is 10.1. The monoisotopic (exact) mass is 486 g/mol. The van der Waals surface area contributed by atoms with E-state index < -0.39 is 32.7 Å². The summed E-state index contributed by atoms with van der Waals surface area (Å²) in [5.41, 5.74) is 1.37. The molecule has 0 N–H and O–H groups in total. The summed E-state index contributed by atoms with van der Waals surface area (Å²) in [6.45, 7) is 3.62. The fourth-order valence-electron chi connectivity index (χ4n) is 3.73. The molecule has 178 valence electrons. The summed E-state index contributed by atoms with van der Waals surface area (Å²) in [5.74, 6) is -1.24. The number of halogens is 1. The molecular weight excluding hydrogens is 463 g/mol. The van der Waals surface area contributed by atoms with E-state index in [4.69, 9.17) is 9.47 Å². The number of nitro benzene ring substituents is 1. The molecule has 10 heteroatoms. The van der Waals surface area contributed by atoms with Crippen molar-refractivity contribution >= 4 is 21.4 Å². The van der Waals surface area contributed by atoms with Crippen molar-refractivity contribution in [2.45, 2.75) is 30.6 Å². The first-order valence-corrected chi connectivity index (χ1v) is 11.9. The summed E-state index contributed by atoms with van der Waals surface area (Å²) in [5, 5.41) is 11.1. The zero-order valence-electron chi connectivity index (χ0n) is 18.5. The van der Waals surface area contributed by atoms with Crippen LogP contribution in [0.1, 0.15) is 13.8 Å². The van der Waals surface area contributed by atoms with Crippen molar-refractivity contribution in [3.8, 4) is 11.1 Å². The molecule has 3 aromatic rings. The van der Waals surface area contributed by atoms with Crippen LogP contribution in [-0.2, 0) is 19.5 Å². The molecule has 1 heterocycles. The van der Waals surface area contributed by atoms with Gasteiger partial charge in [0.2, 0.25) is 0 Å². The number of rotatable bonds is 7. The Bertz CT molecular complexity index is 1290. The smallest absolute Gasteiger partial charge is 0.269 e. The number of anilines is 1. The van der Waals surface area contributed by atoms with Gasteiger partial charge in [0.1, 0.15) is 11.9 Å². The van der Waals surface area contributed by atoms with Gasteiger partial charge in [-0.2, -0.15) is 0 Å². The SMILES string of the molecule is CC1(C)OCC(CN(c2ccc([N+](=O)[O-])cc2)S(=O)(=O)c2cccc(-c3ccc(F)cc3)c2)O1. The first-order chi connectivity index (χ1) is 16.0. The van der Waals surface area contributed by atoms with Gasteiger partial charge < -0.3 is 9.47 Å². The number of nitrogens with zero attached hydrogens (tertiary/aromatic N) is 2. The lowest BCUT2D eigenvalue weighted by Crippen LogP contribution is -2.39. The highest BCUT2D eigenvalue weighted by Crippen LogP contribution is 2.31. The van der Waals surface area contributed by atoms with Crippen LogP contribution in [0.15, 0.2) is 77.7 Å². The van der Waals surface area contributed by atoms with E-state index in [0.717, 1.165) is 4.31 Å². The molecule has 1 saturated heterocycles. The number of nitro groups is 1. The van der Waals surface area contributed by atoms with E-state index in [0.29, 0.717) is 11.1 Å². The van der Waals surface area contributed by atoms with Gasteiger partial charge in [0.15, 0.2) is 5.79 Å². The standard InChI is InChI=1S/C24H23FN2O6S/c1-24(2)32-16-22(33-24)15-26(20-10-12-21(13-11-20)27(28)29)34(30,31)23-5-3-4-18(14-23)17-6-8-19(25)9-7-17/h3-14,22H,15-16H2,1-2H3. The van der Waals surface area contributed by atoms with E-state index in [1.165, 1.54) is 48.5 Å². The maximum absolute atomic E-state index is 13.8. The quantitative estimate of drug-likeness (QED) is 0.353. The van der Waals surface area contributed by atoms with Gasteiger partial charge >= 0.3 is 0 Å². The summed E-state index contributed by atoms with van der Waals surface area (Å²) >= 11 is 0. The van der Waals surface area contributed by atoms with E-state index in [9.17, 15) is 22.9 Å². The lowest BCUT2D eigenvalue weighted by Gasteiger charge is -2.27. The maximum Gasteiger partial charge on any atom is 0.269 e. The molecule has 0 amide bonds. The highest BCUT2D eigenvalue weighted by molar-refractivity contribution is 7.92. The van der Waals surface area contributed by atoms with E-state index in [2.05, 4.69) is 0 Å². The topological polar surface area (TPSA) is 99.0 Å². The van der Waals surface area contributed by atoms with Crippen molar-refractivity contribution < 1.29 is 27.2 Å². The van der Waals surface area contributed by atoms with Gasteiger partial charge in [-0.15, -0.1) is 0 Å². The van der Waals surface area contributed by atoms with Crippen LogP contribution in [0.25, 0.3) is 11.1 Å². The predicted molar refractivity (Wildman–Crippen MR) is 124 cm³/mol. The molecule has 0 saturated carbocycles. The summed E-state index contributed by atoms with van der Waals surface area (Å²) in [7, 11) is -4.10. The third-order valence-electron chi connectivity index (χ3n) is 5.38. The van der Waals surface area contributed by atoms with Gasteiger partial charge in [-0.05, 0) is 61.4 Å². The van der Waals surface area contributed by atoms with Crippen molar-refractivity contribution in [2.24, 2.45) is 0 Å². The molecule has 34 heavy (non-hydrogen) atoms. The molecule has 0 bridgehead atoms. The molecule has 3 aromatic carbocycles. The highest BCUT2D eigenvalue weighted by Gasteiger charge is 2.37. The van der Waals surface area contributed by atoms with Crippen LogP contribution >= 0.6 is 0 Å². The van der Waals surface area contributed by atoms with Gasteiger partial charge in [0.25, 0.3) is 15.7 Å². The minimum atomic E-state index is -4.10. The minimum absolute atomic E-state index is 0.0193. The molecule has 0 radical (unpaired) electrons. The Labute approximate surface area is 196 Å². The molecule has 1 unspecified atom stereocenters. The Kier molecular flexibility index (Phi) is 6.39. The normalized spacial score (nSPS) is 17.4. The van der Waals surface area contributed by atoms with Crippen LogP contribution in [0.4, 0.5) is 15.8 Å². The second kappa shape index (κ2) is 9.13. The Morgan fingerprint density at radius 3 is 2.32 bits per heavy atom. The first kappa shape index (κ1) is 23.8. The van der Waals surface area contributed by atoms with E-state index >= 15 is 0 Å². The van der Waals surface area contributed by atoms with Crippen molar-refractivity contribution in [3.05, 3.63) is 88.7 Å². The molecule has 0 aliphatic carbocycles. The number of hydrogen-bond donors (Lipinski definition) is 0. The molecule has 4 rings (SSSR count). The van der Waals surface area contributed by atoms with E-state index in [1.807, 2.05) is 0 Å². The minimum Gasteiger partial charge on any atom is -0.348 e. The second-order valence-corrected chi connectivity index (χ2v) is 10.2. The third kappa shape index (κ3) is 5.09. The number of ether oxygens (including phenoxy) is 2. The Morgan fingerprint density at radius 2 is 1.74 bits per heavy atom. The van der Waals surface area contributed by atoms with Gasteiger partial charge in [-0.3, -0.25) is 14.4 Å². The predicted octanol–water partition coefficient (Wildman–Crippen LogP) is 4.75. The molecule has 1 atom stereocenters. The Morgan fingerprint density at radius 1 is 1.06 bits per heavy atom. The largest absolute Gasteiger partial charge is 0.348 e. The average molecular weight is 487 g/mol. The van der Waals surface area contributed by atoms with Crippen molar-refractivity contribution in [1.29, 1.82) is 0 Å². The van der Waals surface area contributed by atoms with Crippen molar-refractivity contribution in [1.82, 2.24) is 0 Å². The highest BCUT2D eigenvalue weighted by atomic mass is 32.2. The van der Waals surface area contributed by atoms with Crippen LogP contribution in [0, 0.1) is 15.9 Å². The van der Waals surface area contributed by atoms with Crippen LogP contribution in [-0.4, -0.2) is 38.4 Å². The van der Waals surface area contributed by atoms with Gasteiger partial charge in [-0.25, -0.2) is 12.8 Å². The zero-order chi connectivity index (χ0) is 24.5. The number of hydrogen-bond acceptors (Lipinski definition) is 6. The van der Waals surface area contributed by atoms with E-state index in [1.54, 1.807) is 38.1 Å². The number of sulfonamides is 1.